The van der Waals surface area contributed by atoms with Crippen LogP contribution in [0.2, 0.25) is 0 Å². The number of ether oxygens (including phenoxy) is 1. The maximum Gasteiger partial charge on any atom is 0.272 e. The van der Waals surface area contributed by atoms with E-state index in [4.69, 9.17) is 4.74 Å². The molecule has 172 valence electrons. The molecule has 1 N–H and O–H groups in total. The summed E-state index contributed by atoms with van der Waals surface area (Å²) in [5, 5.41) is 7.05. The second-order valence-corrected chi connectivity index (χ2v) is 8.79. The lowest BCUT2D eigenvalue weighted by atomic mass is 10.1. The van der Waals surface area contributed by atoms with E-state index >= 15 is 0 Å². The first-order valence-corrected chi connectivity index (χ1v) is 11.9. The van der Waals surface area contributed by atoms with Gasteiger partial charge in [-0.2, -0.15) is 5.10 Å². The number of halogens is 2. The lowest BCUT2D eigenvalue weighted by molar-refractivity contribution is 0.0765. The minimum atomic E-state index is -2.57. The van der Waals surface area contributed by atoms with Crippen LogP contribution in [-0.4, -0.2) is 74.9 Å². The van der Waals surface area contributed by atoms with Gasteiger partial charge in [-0.25, -0.2) is 17.7 Å². The number of nitrogens with zero attached hydrogens (tertiary/aromatic N) is 4. The highest BCUT2D eigenvalue weighted by atomic mass is 32.2. The van der Waals surface area contributed by atoms with Gasteiger partial charge in [-0.1, -0.05) is 12.1 Å². The van der Waals surface area contributed by atoms with Crippen LogP contribution in [0.3, 0.4) is 0 Å². The zero-order valence-corrected chi connectivity index (χ0v) is 19.6. The fraction of sp³-hybridized carbons (Fsp3) is 0.450. The van der Waals surface area contributed by atoms with Crippen molar-refractivity contribution in [1.29, 1.82) is 0 Å². The molecule has 0 aliphatic carbocycles. The second kappa shape index (κ2) is 15.0. The summed E-state index contributed by atoms with van der Waals surface area (Å²) in [6.07, 6.45) is -0.0767. The number of benzene rings is 1. The summed E-state index contributed by atoms with van der Waals surface area (Å²) in [5.41, 5.74) is 2.75. The van der Waals surface area contributed by atoms with Crippen LogP contribution in [0.15, 0.2) is 50.1 Å². The summed E-state index contributed by atoms with van der Waals surface area (Å²) in [4.78, 5) is 7.63. The highest BCUT2D eigenvalue weighted by Crippen LogP contribution is 2.30. The third-order valence-corrected chi connectivity index (χ3v) is 5.83. The Morgan fingerprint density at radius 2 is 2.00 bits per heavy atom. The van der Waals surface area contributed by atoms with Crippen LogP contribution in [0.4, 0.5) is 8.78 Å². The molecule has 1 unspecified atom stereocenters. The van der Waals surface area contributed by atoms with Crippen LogP contribution in [0.5, 0.6) is 0 Å². The summed E-state index contributed by atoms with van der Waals surface area (Å²) in [6, 6.07) is 7.39. The minimum absolute atomic E-state index is 0.0364. The standard InChI is InChI=1S/C18H22F2N4OS.C2H7NOS/c1-21-15-8-9-24(3)10-16(15)26-12-13-4-6-14(7-5-13)18(23-22-2)25-11-17(19)20;1-3-5(2)4/h4-7,17H,1-2,8-12H2,3H3;3H,1-2H3/b23-18-;. The van der Waals surface area contributed by atoms with Crippen molar-refractivity contribution in [2.45, 2.75) is 18.6 Å². The van der Waals surface area contributed by atoms with Gasteiger partial charge >= 0.3 is 0 Å². The van der Waals surface area contributed by atoms with Crippen molar-refractivity contribution in [3.05, 3.63) is 46.0 Å². The third-order valence-electron chi connectivity index (χ3n) is 4.07. The van der Waals surface area contributed by atoms with Gasteiger partial charge in [0, 0.05) is 48.7 Å². The summed E-state index contributed by atoms with van der Waals surface area (Å²) in [5.74, 6) is 0.821. The molecule has 1 aliphatic rings. The Kier molecular flexibility index (Phi) is 13.1. The molecule has 1 aromatic rings. The topological polar surface area (TPSA) is 78.7 Å². The average molecular weight is 474 g/mol. The maximum absolute atomic E-state index is 12.3. The SMILES string of the molecule is C=N/N=C(\OCC(F)F)c1ccc(CSC2=C(N=C)CCN(C)C2)cc1.CNS(C)=O. The number of aliphatic imine (C=N–C) groups is 1. The number of likely N-dealkylation sites (N-methyl/N-ethyl adjacent to an activating group) is 1. The Morgan fingerprint density at radius 3 is 2.52 bits per heavy atom. The Hall–Kier alpha value is -1.95. The minimum Gasteiger partial charge on any atom is -0.470 e. The first-order valence-electron chi connectivity index (χ1n) is 9.35. The number of hydrogen-bond donors (Lipinski definition) is 1. The molecule has 0 radical (unpaired) electrons. The van der Waals surface area contributed by atoms with Crippen molar-refractivity contribution in [3.8, 4) is 0 Å². The molecule has 0 spiro atoms. The van der Waals surface area contributed by atoms with E-state index in [1.54, 1.807) is 37.2 Å². The van der Waals surface area contributed by atoms with Crippen molar-refractivity contribution >= 4 is 42.1 Å². The molecule has 0 saturated carbocycles. The third kappa shape index (κ3) is 10.8. The van der Waals surface area contributed by atoms with Crippen LogP contribution in [-0.2, 0) is 21.5 Å². The molecule has 0 amide bonds. The van der Waals surface area contributed by atoms with E-state index < -0.39 is 24.0 Å². The smallest absolute Gasteiger partial charge is 0.272 e. The zero-order valence-electron chi connectivity index (χ0n) is 18.0. The Balaban J connectivity index is 0.000000861. The van der Waals surface area contributed by atoms with E-state index in [1.165, 1.54) is 4.91 Å². The van der Waals surface area contributed by atoms with Gasteiger partial charge in [-0.05, 0) is 38.5 Å². The van der Waals surface area contributed by atoms with Crippen LogP contribution >= 0.6 is 11.8 Å². The molecule has 1 aromatic carbocycles. The molecule has 7 nitrogen and oxygen atoms in total. The highest BCUT2D eigenvalue weighted by Gasteiger charge is 2.16. The molecule has 1 heterocycles. The first kappa shape index (κ1) is 27.1. The van der Waals surface area contributed by atoms with E-state index in [2.05, 4.69) is 45.3 Å². The van der Waals surface area contributed by atoms with Crippen molar-refractivity contribution in [2.24, 2.45) is 15.2 Å². The molecule has 31 heavy (non-hydrogen) atoms. The molecule has 2 rings (SSSR count). The molecular weight excluding hydrogens is 444 g/mol. The maximum atomic E-state index is 12.3. The van der Waals surface area contributed by atoms with Gasteiger partial charge in [0.1, 0.15) is 0 Å². The normalized spacial score (nSPS) is 15.9. The molecular formula is C20H29F2N5O2S2. The molecule has 0 aromatic heterocycles. The van der Waals surface area contributed by atoms with Gasteiger partial charge in [-0.3, -0.25) is 4.99 Å². The van der Waals surface area contributed by atoms with Crippen molar-refractivity contribution in [2.75, 3.05) is 40.0 Å². The van der Waals surface area contributed by atoms with Crippen LogP contribution in [0, 0.1) is 0 Å². The summed E-state index contributed by atoms with van der Waals surface area (Å²) in [7, 11) is 2.91. The van der Waals surface area contributed by atoms with Gasteiger partial charge in [-0.15, -0.1) is 16.9 Å². The predicted octanol–water partition coefficient (Wildman–Crippen LogP) is 3.31. The predicted molar refractivity (Wildman–Crippen MR) is 128 cm³/mol. The van der Waals surface area contributed by atoms with Crippen molar-refractivity contribution in [1.82, 2.24) is 9.62 Å². The fourth-order valence-electron chi connectivity index (χ4n) is 2.44. The lowest BCUT2D eigenvalue weighted by Gasteiger charge is -2.25. The second-order valence-electron chi connectivity index (χ2n) is 6.41. The number of hydrogen-bond acceptors (Lipinski definition) is 7. The number of alkyl halides is 2. The molecule has 1 aliphatic heterocycles. The van der Waals surface area contributed by atoms with E-state index in [-0.39, 0.29) is 5.90 Å². The highest BCUT2D eigenvalue weighted by molar-refractivity contribution is 8.02. The average Bonchev–Trinajstić information content (AvgIpc) is 2.76. The molecule has 11 heteroatoms. The van der Waals surface area contributed by atoms with Crippen LogP contribution < -0.4 is 4.72 Å². The van der Waals surface area contributed by atoms with Gasteiger partial charge in [0.25, 0.3) is 6.43 Å². The van der Waals surface area contributed by atoms with Gasteiger partial charge in [0.15, 0.2) is 6.61 Å². The van der Waals surface area contributed by atoms with Crippen LogP contribution in [0.1, 0.15) is 17.5 Å². The summed E-state index contributed by atoms with van der Waals surface area (Å²) in [6.45, 7) is 8.04. The zero-order chi connectivity index (χ0) is 23.2. The van der Waals surface area contributed by atoms with E-state index in [1.807, 2.05) is 12.1 Å². The fourth-order valence-corrected chi connectivity index (χ4v) is 3.62. The van der Waals surface area contributed by atoms with E-state index in [9.17, 15) is 13.0 Å². The largest absolute Gasteiger partial charge is 0.470 e. The molecule has 0 bridgehead atoms. The van der Waals surface area contributed by atoms with Crippen molar-refractivity contribution < 1.29 is 17.7 Å². The van der Waals surface area contributed by atoms with Gasteiger partial charge < -0.3 is 9.64 Å². The number of rotatable bonds is 9. The summed E-state index contributed by atoms with van der Waals surface area (Å²) < 4.78 is 42.0. The quantitative estimate of drug-likeness (QED) is 0.339. The lowest BCUT2D eigenvalue weighted by Crippen LogP contribution is -2.26. The Bertz CT molecular complexity index is 801. The Labute approximate surface area is 189 Å². The first-order chi connectivity index (χ1) is 14.8. The van der Waals surface area contributed by atoms with Gasteiger partial charge in [0.2, 0.25) is 5.90 Å². The number of thioether (sulfide) groups is 1. The van der Waals surface area contributed by atoms with Crippen LogP contribution in [0.25, 0.3) is 0 Å². The van der Waals surface area contributed by atoms with Crippen molar-refractivity contribution in [3.63, 3.8) is 0 Å². The summed E-state index contributed by atoms with van der Waals surface area (Å²) >= 11 is 1.74. The van der Waals surface area contributed by atoms with E-state index in [0.717, 1.165) is 36.5 Å². The van der Waals surface area contributed by atoms with E-state index in [0.29, 0.717) is 5.56 Å². The molecule has 0 fully saturated rings. The number of nitrogens with one attached hydrogen (secondary N) is 1. The Morgan fingerprint density at radius 1 is 1.35 bits per heavy atom. The molecule has 1 atom stereocenters. The van der Waals surface area contributed by atoms with Gasteiger partial charge in [0.05, 0.1) is 16.7 Å². The monoisotopic (exact) mass is 473 g/mol. The molecule has 0 saturated heterocycles.